The summed E-state index contributed by atoms with van der Waals surface area (Å²) in [6, 6.07) is 4.99. The van der Waals surface area contributed by atoms with E-state index in [0.717, 1.165) is 13.1 Å². The van der Waals surface area contributed by atoms with Gasteiger partial charge in [0.25, 0.3) is 0 Å². The molecule has 1 aromatic carbocycles. The molecule has 0 aliphatic carbocycles. The predicted molar refractivity (Wildman–Crippen MR) is 106 cm³/mol. The summed E-state index contributed by atoms with van der Waals surface area (Å²) in [6.45, 7) is 8.92. The number of carbonyl (C=O) groups excluding carboxylic acids is 2. The van der Waals surface area contributed by atoms with E-state index in [1.807, 2.05) is 26.8 Å². The first kappa shape index (κ1) is 21.3. The predicted octanol–water partition coefficient (Wildman–Crippen LogP) is 3.64. The van der Waals surface area contributed by atoms with Crippen LogP contribution in [-0.4, -0.2) is 67.1 Å². The number of hydrogen-bond acceptors (Lipinski definition) is 5. The highest BCUT2D eigenvalue weighted by atomic mass is 35.5. The molecule has 7 heteroatoms. The van der Waals surface area contributed by atoms with Gasteiger partial charge < -0.3 is 14.4 Å². The number of methoxy groups -OCH3 is 1. The Morgan fingerprint density at radius 2 is 1.85 bits per heavy atom. The van der Waals surface area contributed by atoms with E-state index in [0.29, 0.717) is 36.0 Å². The molecule has 27 heavy (non-hydrogen) atoms. The van der Waals surface area contributed by atoms with Crippen LogP contribution in [-0.2, 0) is 4.74 Å². The number of carbonyl (C=O) groups is 2. The van der Waals surface area contributed by atoms with E-state index in [1.54, 1.807) is 30.2 Å². The van der Waals surface area contributed by atoms with Gasteiger partial charge in [-0.2, -0.15) is 0 Å². The minimum Gasteiger partial charge on any atom is -0.497 e. The Hall–Kier alpha value is -2.05. The summed E-state index contributed by atoms with van der Waals surface area (Å²) in [5.41, 5.74) is -0.0384. The number of allylic oxidation sites excluding steroid dienone is 1. The van der Waals surface area contributed by atoms with Gasteiger partial charge in [-0.15, -0.1) is 0 Å². The van der Waals surface area contributed by atoms with Crippen molar-refractivity contribution in [2.24, 2.45) is 0 Å². The van der Waals surface area contributed by atoms with E-state index in [4.69, 9.17) is 21.1 Å². The van der Waals surface area contributed by atoms with Crippen LogP contribution in [0, 0.1) is 0 Å². The Bertz CT molecular complexity index is 704. The summed E-state index contributed by atoms with van der Waals surface area (Å²) < 4.78 is 10.5. The third kappa shape index (κ3) is 6.56. The summed E-state index contributed by atoms with van der Waals surface area (Å²) in [5, 5.41) is 0.370. The quantitative estimate of drug-likeness (QED) is 0.563. The molecule has 6 nitrogen and oxygen atoms in total. The third-order valence-corrected chi connectivity index (χ3v) is 4.41. The average molecular weight is 395 g/mol. The van der Waals surface area contributed by atoms with Crippen LogP contribution >= 0.6 is 11.6 Å². The highest BCUT2D eigenvalue weighted by Crippen LogP contribution is 2.23. The van der Waals surface area contributed by atoms with Gasteiger partial charge in [0.1, 0.15) is 11.4 Å². The summed E-state index contributed by atoms with van der Waals surface area (Å²) >= 11 is 6.13. The maximum absolute atomic E-state index is 12.3. The van der Waals surface area contributed by atoms with Gasteiger partial charge in [-0.05, 0) is 45.0 Å². The zero-order valence-electron chi connectivity index (χ0n) is 16.3. The molecular weight excluding hydrogens is 368 g/mol. The lowest BCUT2D eigenvalue weighted by Crippen LogP contribution is -2.49. The van der Waals surface area contributed by atoms with Gasteiger partial charge in [0, 0.05) is 38.3 Å². The molecule has 1 heterocycles. The van der Waals surface area contributed by atoms with Crippen molar-refractivity contribution < 1.29 is 19.1 Å². The Kier molecular flexibility index (Phi) is 7.27. The summed E-state index contributed by atoms with van der Waals surface area (Å²) in [4.78, 5) is 28.2. The molecule has 1 amide bonds. The van der Waals surface area contributed by atoms with Crippen molar-refractivity contribution in [2.45, 2.75) is 26.4 Å². The van der Waals surface area contributed by atoms with Gasteiger partial charge in [-0.25, -0.2) is 4.79 Å². The largest absolute Gasteiger partial charge is 0.497 e. The molecule has 1 fully saturated rings. The molecular formula is C20H27ClN2O4. The van der Waals surface area contributed by atoms with Gasteiger partial charge >= 0.3 is 6.09 Å². The first-order valence-electron chi connectivity index (χ1n) is 8.94. The Labute approximate surface area is 165 Å². The SMILES string of the molecule is COc1ccc(C(=O)/C=C/CN2CCN(C(=O)OC(C)(C)C)CC2)c(Cl)c1. The molecule has 0 unspecified atom stereocenters. The second kappa shape index (κ2) is 9.24. The molecule has 148 valence electrons. The van der Waals surface area contributed by atoms with Crippen LogP contribution in [0.1, 0.15) is 31.1 Å². The molecule has 0 aromatic heterocycles. The fraction of sp³-hybridized carbons (Fsp3) is 0.500. The summed E-state index contributed by atoms with van der Waals surface area (Å²) in [6.07, 6.45) is 3.09. The van der Waals surface area contributed by atoms with Gasteiger partial charge in [0.15, 0.2) is 5.78 Å². The Morgan fingerprint density at radius 1 is 1.19 bits per heavy atom. The number of halogens is 1. The van der Waals surface area contributed by atoms with E-state index in [1.165, 1.54) is 6.08 Å². The van der Waals surface area contributed by atoms with Gasteiger partial charge in [-0.1, -0.05) is 17.7 Å². The molecule has 1 aromatic rings. The van der Waals surface area contributed by atoms with Gasteiger partial charge in [0.2, 0.25) is 0 Å². The summed E-state index contributed by atoms with van der Waals surface area (Å²) in [5.74, 6) is 0.471. The van der Waals surface area contributed by atoms with Crippen LogP contribution in [0.25, 0.3) is 0 Å². The number of piperazine rings is 1. The normalized spacial score (nSPS) is 15.8. The minimum atomic E-state index is -0.486. The number of benzene rings is 1. The number of ether oxygens (including phenoxy) is 2. The number of ketones is 1. The fourth-order valence-corrected chi connectivity index (χ4v) is 2.92. The highest BCUT2D eigenvalue weighted by molar-refractivity contribution is 6.34. The standard InChI is InChI=1S/C20H27ClN2O4/c1-20(2,3)27-19(25)23-12-10-22(11-13-23)9-5-6-18(24)16-8-7-15(26-4)14-17(16)21/h5-8,14H,9-13H2,1-4H3/b6-5+. The van der Waals surface area contributed by atoms with E-state index >= 15 is 0 Å². The smallest absolute Gasteiger partial charge is 0.410 e. The van der Waals surface area contributed by atoms with E-state index < -0.39 is 5.60 Å². The van der Waals surface area contributed by atoms with E-state index in [-0.39, 0.29) is 11.9 Å². The minimum absolute atomic E-state index is 0.143. The number of hydrogen-bond donors (Lipinski definition) is 0. The van der Waals surface area contributed by atoms with Crippen LogP contribution in [0.2, 0.25) is 5.02 Å². The highest BCUT2D eigenvalue weighted by Gasteiger charge is 2.25. The zero-order chi connectivity index (χ0) is 20.0. The van der Waals surface area contributed by atoms with Crippen molar-refractivity contribution in [1.82, 2.24) is 9.80 Å². The molecule has 1 saturated heterocycles. The summed E-state index contributed by atoms with van der Waals surface area (Å²) in [7, 11) is 1.55. The second-order valence-electron chi connectivity index (χ2n) is 7.38. The van der Waals surface area contributed by atoms with Crippen molar-refractivity contribution in [3.8, 4) is 5.75 Å². The van der Waals surface area contributed by atoms with Gasteiger partial charge in [-0.3, -0.25) is 9.69 Å². The second-order valence-corrected chi connectivity index (χ2v) is 7.79. The lowest BCUT2D eigenvalue weighted by atomic mass is 10.1. The monoisotopic (exact) mass is 394 g/mol. The lowest BCUT2D eigenvalue weighted by molar-refractivity contribution is 0.0154. The average Bonchev–Trinajstić information content (AvgIpc) is 2.60. The van der Waals surface area contributed by atoms with Crippen LogP contribution in [0.5, 0.6) is 5.75 Å². The Balaban J connectivity index is 1.81. The third-order valence-electron chi connectivity index (χ3n) is 4.10. The first-order valence-corrected chi connectivity index (χ1v) is 9.32. The number of amides is 1. The van der Waals surface area contributed by atoms with Crippen molar-refractivity contribution in [3.05, 3.63) is 40.9 Å². The molecule has 0 spiro atoms. The van der Waals surface area contributed by atoms with Crippen molar-refractivity contribution in [1.29, 1.82) is 0 Å². The van der Waals surface area contributed by atoms with E-state index in [9.17, 15) is 9.59 Å². The van der Waals surface area contributed by atoms with Crippen molar-refractivity contribution in [3.63, 3.8) is 0 Å². The molecule has 0 atom stereocenters. The molecule has 0 N–H and O–H groups in total. The van der Waals surface area contributed by atoms with Gasteiger partial charge in [0.05, 0.1) is 12.1 Å². The Morgan fingerprint density at radius 3 is 2.41 bits per heavy atom. The van der Waals surface area contributed by atoms with Crippen molar-refractivity contribution >= 4 is 23.5 Å². The topological polar surface area (TPSA) is 59.1 Å². The van der Waals surface area contributed by atoms with Crippen LogP contribution in [0.3, 0.4) is 0 Å². The lowest BCUT2D eigenvalue weighted by Gasteiger charge is -2.35. The van der Waals surface area contributed by atoms with Crippen LogP contribution in [0.15, 0.2) is 30.4 Å². The zero-order valence-corrected chi connectivity index (χ0v) is 17.1. The number of nitrogens with zero attached hydrogens (tertiary/aromatic N) is 2. The molecule has 1 aliphatic heterocycles. The first-order chi connectivity index (χ1) is 12.7. The molecule has 2 rings (SSSR count). The molecule has 0 bridgehead atoms. The maximum atomic E-state index is 12.3. The molecule has 0 saturated carbocycles. The number of rotatable bonds is 5. The molecule has 0 radical (unpaired) electrons. The maximum Gasteiger partial charge on any atom is 0.410 e. The fourth-order valence-electron chi connectivity index (χ4n) is 2.66. The van der Waals surface area contributed by atoms with Crippen molar-refractivity contribution in [2.75, 3.05) is 39.8 Å². The van der Waals surface area contributed by atoms with Crippen LogP contribution < -0.4 is 4.74 Å². The van der Waals surface area contributed by atoms with E-state index in [2.05, 4.69) is 4.90 Å². The molecule has 1 aliphatic rings. The van der Waals surface area contributed by atoms with Crippen LogP contribution in [0.4, 0.5) is 4.79 Å².